The van der Waals surface area contributed by atoms with E-state index < -0.39 is 0 Å². The normalized spacial score (nSPS) is 10.3. The molecule has 0 amide bonds. The maximum atomic E-state index is 3.89. The van der Waals surface area contributed by atoms with Crippen molar-refractivity contribution in [3.8, 4) is 0 Å². The van der Waals surface area contributed by atoms with Crippen LogP contribution in [0.15, 0.2) is 17.8 Å². The molecule has 0 heterocycles. The minimum Gasteiger partial charge on any atom is -0.310 e. The van der Waals surface area contributed by atoms with Gasteiger partial charge in [0.25, 0.3) is 0 Å². The van der Waals surface area contributed by atoms with E-state index in [2.05, 4.69) is 24.0 Å². The molecule has 0 saturated heterocycles. The molecule has 64 valence electrons. The third kappa shape index (κ3) is 9.21. The van der Waals surface area contributed by atoms with Crippen LogP contribution in [0.2, 0.25) is 0 Å². The molecule has 2 nitrogen and oxygen atoms in total. The smallest absolute Gasteiger partial charge is 0.0462 e. The molecule has 0 aliphatic heterocycles. The van der Waals surface area contributed by atoms with Gasteiger partial charge in [-0.3, -0.25) is 0 Å². The van der Waals surface area contributed by atoms with Gasteiger partial charge in [-0.1, -0.05) is 32.8 Å². The van der Waals surface area contributed by atoms with Crippen LogP contribution in [0.5, 0.6) is 0 Å². The third-order valence-corrected chi connectivity index (χ3v) is 1.41. The number of nitrogens with zero attached hydrogens (tertiary/aromatic N) is 1. The summed E-state index contributed by atoms with van der Waals surface area (Å²) in [6.07, 6.45) is 8.46. The molecule has 0 aromatic carbocycles. The lowest BCUT2D eigenvalue weighted by molar-refractivity contribution is 0.616. The lowest BCUT2D eigenvalue weighted by atomic mass is 10.2. The van der Waals surface area contributed by atoms with Crippen LogP contribution in [-0.2, 0) is 0 Å². The molecule has 0 spiro atoms. The van der Waals surface area contributed by atoms with Crippen LogP contribution in [-0.4, -0.2) is 12.8 Å². The molecule has 0 aromatic rings. The van der Waals surface area contributed by atoms with Crippen LogP contribution >= 0.6 is 0 Å². The Balaban J connectivity index is 2.90. The van der Waals surface area contributed by atoms with Crippen molar-refractivity contribution in [2.24, 2.45) is 5.10 Å². The zero-order valence-corrected chi connectivity index (χ0v) is 7.34. The molecule has 0 radical (unpaired) electrons. The van der Waals surface area contributed by atoms with Gasteiger partial charge in [-0.25, -0.2) is 0 Å². The van der Waals surface area contributed by atoms with Crippen molar-refractivity contribution >= 4 is 6.21 Å². The zero-order chi connectivity index (χ0) is 8.36. The number of nitrogens with one attached hydrogen (secondary N) is 1. The first kappa shape index (κ1) is 10.2. The summed E-state index contributed by atoms with van der Waals surface area (Å²) in [5, 5.41) is 3.89. The summed E-state index contributed by atoms with van der Waals surface area (Å²) in [6.45, 7) is 6.71. The second-order valence-corrected chi connectivity index (χ2v) is 2.48. The fourth-order valence-corrected chi connectivity index (χ4v) is 0.801. The topological polar surface area (TPSA) is 24.4 Å². The van der Waals surface area contributed by atoms with E-state index in [4.69, 9.17) is 0 Å². The Morgan fingerprint density at radius 3 is 2.82 bits per heavy atom. The molecular formula is C9H18N2. The molecule has 0 fully saturated rings. The summed E-state index contributed by atoms with van der Waals surface area (Å²) in [4.78, 5) is 0. The first-order valence-corrected chi connectivity index (χ1v) is 4.28. The molecule has 0 bridgehead atoms. The van der Waals surface area contributed by atoms with Gasteiger partial charge < -0.3 is 5.43 Å². The number of hydrogen-bond donors (Lipinski definition) is 1. The Morgan fingerprint density at radius 2 is 2.18 bits per heavy atom. The van der Waals surface area contributed by atoms with E-state index in [0.29, 0.717) is 0 Å². The highest BCUT2D eigenvalue weighted by Crippen LogP contribution is 1.96. The Morgan fingerprint density at radius 1 is 1.36 bits per heavy atom. The molecule has 2 heteroatoms. The van der Waals surface area contributed by atoms with Crippen molar-refractivity contribution in [2.45, 2.75) is 32.6 Å². The van der Waals surface area contributed by atoms with Gasteiger partial charge in [0.2, 0.25) is 0 Å². The number of unbranched alkanes of at least 4 members (excludes halogenated alkanes) is 3. The second-order valence-electron chi connectivity index (χ2n) is 2.48. The summed E-state index contributed by atoms with van der Waals surface area (Å²) in [5.74, 6) is 0. The highest BCUT2D eigenvalue weighted by molar-refractivity contribution is 5.69. The van der Waals surface area contributed by atoms with Crippen LogP contribution < -0.4 is 5.43 Å². The average molecular weight is 154 g/mol. The Hall–Kier alpha value is -0.790. The molecule has 0 aliphatic carbocycles. The molecule has 1 N–H and O–H groups in total. The van der Waals surface area contributed by atoms with Gasteiger partial charge in [0, 0.05) is 12.8 Å². The van der Waals surface area contributed by atoms with E-state index in [1.165, 1.54) is 25.7 Å². The molecule has 0 atom stereocenters. The van der Waals surface area contributed by atoms with Crippen LogP contribution in [0.1, 0.15) is 32.6 Å². The fraction of sp³-hybridized carbons (Fsp3) is 0.667. The minimum absolute atomic E-state index is 0.977. The van der Waals surface area contributed by atoms with E-state index in [9.17, 15) is 0 Å². The van der Waals surface area contributed by atoms with Crippen LogP contribution in [0.4, 0.5) is 0 Å². The third-order valence-electron chi connectivity index (χ3n) is 1.41. The van der Waals surface area contributed by atoms with E-state index in [0.717, 1.165) is 6.54 Å². The van der Waals surface area contributed by atoms with E-state index in [-0.39, 0.29) is 0 Å². The molecule has 0 rings (SSSR count). The predicted molar refractivity (Wildman–Crippen MR) is 50.8 cm³/mol. The summed E-state index contributed by atoms with van der Waals surface area (Å²) < 4.78 is 0. The summed E-state index contributed by atoms with van der Waals surface area (Å²) in [5.41, 5.74) is 2.94. The Labute approximate surface area is 69.4 Å². The van der Waals surface area contributed by atoms with Crippen molar-refractivity contribution in [3.63, 3.8) is 0 Å². The van der Waals surface area contributed by atoms with Gasteiger partial charge in [0.15, 0.2) is 0 Å². The summed E-state index contributed by atoms with van der Waals surface area (Å²) in [6, 6.07) is 0. The van der Waals surface area contributed by atoms with Gasteiger partial charge in [-0.05, 0) is 12.5 Å². The number of allylic oxidation sites excluding steroid dienone is 1. The van der Waals surface area contributed by atoms with E-state index >= 15 is 0 Å². The SMILES string of the molecule is C=CC=NNCCCCCC. The molecular weight excluding hydrogens is 136 g/mol. The second kappa shape index (κ2) is 9.21. The minimum atomic E-state index is 0.977. The summed E-state index contributed by atoms with van der Waals surface area (Å²) >= 11 is 0. The highest BCUT2D eigenvalue weighted by atomic mass is 15.3. The maximum absolute atomic E-state index is 3.89. The molecule has 0 unspecified atom stereocenters. The lowest BCUT2D eigenvalue weighted by Gasteiger charge is -1.97. The van der Waals surface area contributed by atoms with Gasteiger partial charge in [0.1, 0.15) is 0 Å². The van der Waals surface area contributed by atoms with Crippen molar-refractivity contribution in [1.82, 2.24) is 5.43 Å². The number of hydrogen-bond acceptors (Lipinski definition) is 2. The molecule has 0 saturated carbocycles. The highest BCUT2D eigenvalue weighted by Gasteiger charge is 1.84. The monoisotopic (exact) mass is 154 g/mol. The number of rotatable bonds is 7. The zero-order valence-electron chi connectivity index (χ0n) is 7.34. The van der Waals surface area contributed by atoms with Crippen molar-refractivity contribution in [2.75, 3.05) is 6.54 Å². The average Bonchev–Trinajstić information content (AvgIpc) is 2.03. The first-order chi connectivity index (χ1) is 5.41. The largest absolute Gasteiger partial charge is 0.310 e. The first-order valence-electron chi connectivity index (χ1n) is 4.28. The van der Waals surface area contributed by atoms with Gasteiger partial charge in [0.05, 0.1) is 0 Å². The predicted octanol–water partition coefficient (Wildman–Crippen LogP) is 2.33. The molecule has 0 aromatic heterocycles. The Kier molecular flexibility index (Phi) is 8.55. The summed E-state index contributed by atoms with van der Waals surface area (Å²) in [7, 11) is 0. The number of hydrazone groups is 1. The standard InChI is InChI=1S/C9H18N2/c1-3-5-6-7-9-11-10-8-4-2/h4,8,11H,2-3,5-7,9H2,1H3. The quantitative estimate of drug-likeness (QED) is 0.340. The molecule has 11 heavy (non-hydrogen) atoms. The van der Waals surface area contributed by atoms with Gasteiger partial charge in [-0.2, -0.15) is 5.10 Å². The van der Waals surface area contributed by atoms with Crippen LogP contribution in [0.25, 0.3) is 0 Å². The van der Waals surface area contributed by atoms with Crippen molar-refractivity contribution < 1.29 is 0 Å². The van der Waals surface area contributed by atoms with Crippen LogP contribution in [0, 0.1) is 0 Å². The van der Waals surface area contributed by atoms with Crippen LogP contribution in [0.3, 0.4) is 0 Å². The van der Waals surface area contributed by atoms with Crippen molar-refractivity contribution in [3.05, 3.63) is 12.7 Å². The maximum Gasteiger partial charge on any atom is 0.0462 e. The van der Waals surface area contributed by atoms with Gasteiger partial charge >= 0.3 is 0 Å². The van der Waals surface area contributed by atoms with Crippen molar-refractivity contribution in [1.29, 1.82) is 0 Å². The van der Waals surface area contributed by atoms with E-state index in [1.54, 1.807) is 12.3 Å². The lowest BCUT2D eigenvalue weighted by Crippen LogP contribution is -2.06. The van der Waals surface area contributed by atoms with Gasteiger partial charge in [-0.15, -0.1) is 0 Å². The Bertz CT molecular complexity index is 108. The molecule has 0 aliphatic rings. The van der Waals surface area contributed by atoms with E-state index in [1.807, 2.05) is 0 Å². The fourth-order valence-electron chi connectivity index (χ4n) is 0.801.